The zero-order chi connectivity index (χ0) is 17.4. The number of nitrogens with zero attached hydrogens (tertiary/aromatic N) is 6. The number of hydrogen-bond donors (Lipinski definition) is 0. The number of para-hydroxylation sites is 2. The maximum Gasteiger partial charge on any atom is 0.368 e. The third kappa shape index (κ3) is 2.53. The Morgan fingerprint density at radius 3 is 2.44 bits per heavy atom. The molecule has 2 aromatic carbocycles. The Hall–Kier alpha value is -3.55. The van der Waals surface area contributed by atoms with Gasteiger partial charge in [-0.1, -0.05) is 30.3 Å². The molecule has 2 heterocycles. The van der Waals surface area contributed by atoms with Crippen molar-refractivity contribution in [3.63, 3.8) is 0 Å². The van der Waals surface area contributed by atoms with Gasteiger partial charge in [0.2, 0.25) is 0 Å². The number of rotatable bonds is 3. The molecule has 0 fully saturated rings. The molecule has 0 aliphatic carbocycles. The fraction of sp³-hybridized carbons (Fsp3) is 0.118. The molecule has 25 heavy (non-hydrogen) atoms. The molecule has 8 heteroatoms. The highest BCUT2D eigenvalue weighted by molar-refractivity contribution is 5.77. The smallest absolute Gasteiger partial charge is 0.298 e. The molecule has 0 saturated heterocycles. The van der Waals surface area contributed by atoms with Crippen LogP contribution in [0.5, 0.6) is 0 Å². The van der Waals surface area contributed by atoms with Crippen molar-refractivity contribution in [3.05, 3.63) is 81.3 Å². The van der Waals surface area contributed by atoms with Crippen LogP contribution in [0.3, 0.4) is 0 Å². The van der Waals surface area contributed by atoms with Crippen LogP contribution in [0.25, 0.3) is 16.6 Å². The number of tetrazole rings is 1. The van der Waals surface area contributed by atoms with Crippen LogP contribution in [0.1, 0.15) is 5.82 Å². The van der Waals surface area contributed by atoms with Crippen molar-refractivity contribution in [2.75, 3.05) is 0 Å². The molecule has 0 radical (unpaired) electrons. The molecule has 8 nitrogen and oxygen atoms in total. The van der Waals surface area contributed by atoms with E-state index in [-0.39, 0.29) is 12.1 Å². The Bertz CT molecular complexity index is 1170. The van der Waals surface area contributed by atoms with E-state index in [2.05, 4.69) is 15.4 Å². The summed E-state index contributed by atoms with van der Waals surface area (Å²) in [5.41, 5.74) is 0.654. The van der Waals surface area contributed by atoms with Crippen molar-refractivity contribution in [1.82, 2.24) is 29.3 Å². The second-order valence-corrected chi connectivity index (χ2v) is 5.58. The summed E-state index contributed by atoms with van der Waals surface area (Å²) in [6.07, 6.45) is 0. The number of fused-ring (bicyclic) bond motifs is 1. The van der Waals surface area contributed by atoms with Gasteiger partial charge in [-0.3, -0.25) is 9.36 Å². The number of aromatic nitrogens is 6. The summed E-state index contributed by atoms with van der Waals surface area (Å²) >= 11 is 0. The topological polar surface area (TPSA) is 87.6 Å². The first-order valence-corrected chi connectivity index (χ1v) is 7.68. The minimum atomic E-state index is -0.395. The molecule has 0 aliphatic rings. The minimum absolute atomic E-state index is 0.0578. The van der Waals surface area contributed by atoms with Crippen molar-refractivity contribution >= 4 is 10.9 Å². The van der Waals surface area contributed by atoms with Crippen LogP contribution in [-0.4, -0.2) is 29.3 Å². The van der Waals surface area contributed by atoms with E-state index >= 15 is 0 Å². The molecule has 124 valence electrons. The number of benzene rings is 2. The summed E-state index contributed by atoms with van der Waals surface area (Å²) < 4.78 is 3.82. The van der Waals surface area contributed by atoms with Gasteiger partial charge in [0.25, 0.3) is 5.56 Å². The van der Waals surface area contributed by atoms with Gasteiger partial charge in [-0.15, -0.1) is 0 Å². The highest BCUT2D eigenvalue weighted by atomic mass is 16.2. The van der Waals surface area contributed by atoms with Gasteiger partial charge in [0.1, 0.15) is 12.4 Å². The molecule has 2 aromatic heterocycles. The Morgan fingerprint density at radius 1 is 0.920 bits per heavy atom. The van der Waals surface area contributed by atoms with Gasteiger partial charge in [-0.2, -0.15) is 9.36 Å². The van der Waals surface area contributed by atoms with E-state index in [9.17, 15) is 9.59 Å². The molecule has 0 spiro atoms. The summed E-state index contributed by atoms with van der Waals surface area (Å²) in [5.74, 6) is 0.436. The predicted octanol–water partition coefficient (Wildman–Crippen LogP) is 0.724. The second kappa shape index (κ2) is 5.82. The standard InChI is InChI=1S/C17H14N6O2/c1-21-15(18-14-10-6-5-9-13(14)16(21)24)11-22-17(25)23(20-19-22)12-7-3-2-4-8-12/h2-10H,11H2,1H3. The maximum absolute atomic E-state index is 12.5. The van der Waals surface area contributed by atoms with E-state index < -0.39 is 5.69 Å². The maximum atomic E-state index is 12.5. The lowest BCUT2D eigenvalue weighted by Gasteiger charge is -2.08. The van der Waals surface area contributed by atoms with Gasteiger partial charge in [-0.25, -0.2) is 9.78 Å². The lowest BCUT2D eigenvalue weighted by molar-refractivity contribution is 0.582. The van der Waals surface area contributed by atoms with E-state index in [1.165, 1.54) is 13.9 Å². The Kier molecular flexibility index (Phi) is 3.50. The molecule has 0 N–H and O–H groups in total. The summed E-state index contributed by atoms with van der Waals surface area (Å²) in [6.45, 7) is 0.0578. The van der Waals surface area contributed by atoms with Crippen LogP contribution >= 0.6 is 0 Å². The van der Waals surface area contributed by atoms with E-state index in [0.717, 1.165) is 0 Å². The normalized spacial score (nSPS) is 11.1. The average molecular weight is 334 g/mol. The Morgan fingerprint density at radius 2 is 1.64 bits per heavy atom. The fourth-order valence-electron chi connectivity index (χ4n) is 2.64. The minimum Gasteiger partial charge on any atom is -0.298 e. The largest absolute Gasteiger partial charge is 0.368 e. The lowest BCUT2D eigenvalue weighted by Crippen LogP contribution is -2.29. The van der Waals surface area contributed by atoms with Crippen LogP contribution < -0.4 is 11.2 Å². The van der Waals surface area contributed by atoms with E-state index in [1.807, 2.05) is 24.3 Å². The lowest BCUT2D eigenvalue weighted by atomic mass is 10.2. The molecule has 0 aliphatic heterocycles. The Labute approximate surface area is 141 Å². The van der Waals surface area contributed by atoms with Gasteiger partial charge in [0.05, 0.1) is 16.6 Å². The molecule has 0 atom stereocenters. The van der Waals surface area contributed by atoms with Gasteiger partial charge in [0.15, 0.2) is 0 Å². The van der Waals surface area contributed by atoms with Gasteiger partial charge >= 0.3 is 5.69 Å². The highest BCUT2D eigenvalue weighted by Gasteiger charge is 2.13. The monoisotopic (exact) mass is 334 g/mol. The third-order valence-electron chi connectivity index (χ3n) is 4.01. The van der Waals surface area contributed by atoms with E-state index in [0.29, 0.717) is 22.4 Å². The molecular weight excluding hydrogens is 320 g/mol. The van der Waals surface area contributed by atoms with Crippen LogP contribution in [-0.2, 0) is 13.6 Å². The van der Waals surface area contributed by atoms with Crippen LogP contribution in [0.15, 0.2) is 64.2 Å². The zero-order valence-corrected chi connectivity index (χ0v) is 13.4. The highest BCUT2D eigenvalue weighted by Crippen LogP contribution is 2.07. The van der Waals surface area contributed by atoms with Gasteiger partial charge < -0.3 is 0 Å². The summed E-state index contributed by atoms with van der Waals surface area (Å²) in [6, 6.07) is 16.1. The quantitative estimate of drug-likeness (QED) is 0.551. The Balaban J connectivity index is 1.78. The molecule has 4 rings (SSSR count). The summed E-state index contributed by atoms with van der Waals surface area (Å²) in [5, 5.41) is 8.33. The van der Waals surface area contributed by atoms with Crippen molar-refractivity contribution in [2.24, 2.45) is 7.05 Å². The van der Waals surface area contributed by atoms with Gasteiger partial charge in [-0.05, 0) is 34.7 Å². The number of hydrogen-bond acceptors (Lipinski definition) is 5. The van der Waals surface area contributed by atoms with Gasteiger partial charge in [0, 0.05) is 7.05 Å². The zero-order valence-electron chi connectivity index (χ0n) is 13.4. The summed E-state index contributed by atoms with van der Waals surface area (Å²) in [7, 11) is 1.63. The van der Waals surface area contributed by atoms with E-state index in [4.69, 9.17) is 0 Å². The van der Waals surface area contributed by atoms with Crippen molar-refractivity contribution in [2.45, 2.75) is 6.54 Å². The molecule has 0 saturated carbocycles. The van der Waals surface area contributed by atoms with Crippen LogP contribution in [0, 0.1) is 0 Å². The summed E-state index contributed by atoms with van der Waals surface area (Å²) in [4.78, 5) is 29.4. The first-order valence-electron chi connectivity index (χ1n) is 7.68. The first-order chi connectivity index (χ1) is 12.1. The first kappa shape index (κ1) is 15.0. The third-order valence-corrected chi connectivity index (χ3v) is 4.01. The molecular formula is C17H14N6O2. The van der Waals surface area contributed by atoms with Crippen molar-refractivity contribution in [3.8, 4) is 5.69 Å². The molecule has 0 unspecified atom stereocenters. The average Bonchev–Trinajstić information content (AvgIpc) is 3.01. The molecule has 4 aromatic rings. The van der Waals surface area contributed by atoms with Crippen LogP contribution in [0.4, 0.5) is 0 Å². The fourth-order valence-corrected chi connectivity index (χ4v) is 2.64. The predicted molar refractivity (Wildman–Crippen MR) is 91.7 cm³/mol. The van der Waals surface area contributed by atoms with Crippen molar-refractivity contribution in [1.29, 1.82) is 0 Å². The SMILES string of the molecule is Cn1c(Cn2nnn(-c3ccccc3)c2=O)nc2ccccc2c1=O. The van der Waals surface area contributed by atoms with Crippen molar-refractivity contribution < 1.29 is 0 Å². The second-order valence-electron chi connectivity index (χ2n) is 5.58. The van der Waals surface area contributed by atoms with Crippen LogP contribution in [0.2, 0.25) is 0 Å². The van der Waals surface area contributed by atoms with E-state index in [1.54, 1.807) is 37.4 Å². The molecule has 0 bridgehead atoms. The molecule has 0 amide bonds.